The first-order valence-electron chi connectivity index (χ1n) is 6.81. The largest absolute Gasteiger partial charge is 0.479 e. The van der Waals surface area contributed by atoms with Crippen LogP contribution in [0.25, 0.3) is 0 Å². The Morgan fingerprint density at radius 3 is 2.95 bits per heavy atom. The standard InChI is InChI=1S/C15H15N3O3S/c1-10-14(20)18(11-5-3-4-6-12(11)21-10)9-13(19)17(2)15-16-7-8-22-15/h3-8,10H,9H2,1-2H3. The molecule has 0 N–H and O–H groups in total. The predicted molar refractivity (Wildman–Crippen MR) is 84.4 cm³/mol. The first-order chi connectivity index (χ1) is 10.6. The van der Waals surface area contributed by atoms with Gasteiger partial charge in [0.05, 0.1) is 5.69 Å². The minimum atomic E-state index is -0.604. The molecule has 22 heavy (non-hydrogen) atoms. The van der Waals surface area contributed by atoms with Crippen molar-refractivity contribution in [2.24, 2.45) is 0 Å². The smallest absolute Gasteiger partial charge is 0.268 e. The summed E-state index contributed by atoms with van der Waals surface area (Å²) in [4.78, 5) is 31.8. The highest BCUT2D eigenvalue weighted by atomic mass is 32.1. The molecule has 0 fully saturated rings. The molecule has 0 spiro atoms. The van der Waals surface area contributed by atoms with Crippen molar-refractivity contribution in [1.29, 1.82) is 0 Å². The van der Waals surface area contributed by atoms with E-state index in [2.05, 4.69) is 4.98 Å². The molecule has 114 valence electrons. The maximum absolute atomic E-state index is 12.4. The van der Waals surface area contributed by atoms with E-state index in [1.165, 1.54) is 21.1 Å². The molecule has 1 aromatic carbocycles. The van der Waals surface area contributed by atoms with Crippen molar-refractivity contribution in [2.45, 2.75) is 13.0 Å². The molecule has 2 aromatic rings. The van der Waals surface area contributed by atoms with Crippen LogP contribution in [0.15, 0.2) is 35.8 Å². The van der Waals surface area contributed by atoms with Crippen LogP contribution < -0.4 is 14.5 Å². The van der Waals surface area contributed by atoms with Crippen LogP contribution in [0.3, 0.4) is 0 Å². The molecular formula is C15H15N3O3S. The second-order valence-electron chi connectivity index (χ2n) is 4.92. The Labute approximate surface area is 131 Å². The number of ether oxygens (including phenoxy) is 1. The number of thiazole rings is 1. The van der Waals surface area contributed by atoms with Gasteiger partial charge in [0.25, 0.3) is 5.91 Å². The Kier molecular flexibility index (Phi) is 3.81. The van der Waals surface area contributed by atoms with Crippen molar-refractivity contribution < 1.29 is 14.3 Å². The SMILES string of the molecule is CC1Oc2ccccc2N(CC(=O)N(C)c2nccs2)C1=O. The van der Waals surface area contributed by atoms with Crippen molar-refractivity contribution in [2.75, 3.05) is 23.4 Å². The number of likely N-dealkylation sites (N-methyl/N-ethyl adjacent to an activating group) is 1. The van der Waals surface area contributed by atoms with Gasteiger partial charge in [-0.05, 0) is 19.1 Å². The molecular weight excluding hydrogens is 302 g/mol. The van der Waals surface area contributed by atoms with E-state index in [1.807, 2.05) is 12.1 Å². The van der Waals surface area contributed by atoms with Crippen molar-refractivity contribution in [3.63, 3.8) is 0 Å². The van der Waals surface area contributed by atoms with Gasteiger partial charge in [0.1, 0.15) is 12.3 Å². The predicted octanol–water partition coefficient (Wildman–Crippen LogP) is 1.92. The van der Waals surface area contributed by atoms with Crippen LogP contribution in [0.2, 0.25) is 0 Å². The Morgan fingerprint density at radius 1 is 1.45 bits per heavy atom. The molecule has 6 nitrogen and oxygen atoms in total. The van der Waals surface area contributed by atoms with E-state index in [-0.39, 0.29) is 18.4 Å². The summed E-state index contributed by atoms with van der Waals surface area (Å²) in [5, 5.41) is 2.41. The van der Waals surface area contributed by atoms with Crippen LogP contribution in [-0.4, -0.2) is 36.5 Å². The number of anilines is 2. The van der Waals surface area contributed by atoms with Crippen LogP contribution in [0.1, 0.15) is 6.92 Å². The van der Waals surface area contributed by atoms with Gasteiger partial charge in [-0.3, -0.25) is 19.4 Å². The fourth-order valence-corrected chi connectivity index (χ4v) is 2.88. The van der Waals surface area contributed by atoms with Crippen molar-refractivity contribution >= 4 is 34.0 Å². The van der Waals surface area contributed by atoms with E-state index in [4.69, 9.17) is 4.74 Å². The number of carbonyl (C=O) groups is 2. The molecule has 1 aliphatic rings. The topological polar surface area (TPSA) is 62.7 Å². The lowest BCUT2D eigenvalue weighted by Crippen LogP contribution is -2.49. The van der Waals surface area contributed by atoms with E-state index in [0.717, 1.165) is 0 Å². The Balaban J connectivity index is 1.84. The van der Waals surface area contributed by atoms with Gasteiger partial charge >= 0.3 is 0 Å². The zero-order valence-electron chi connectivity index (χ0n) is 12.2. The number of hydrogen-bond donors (Lipinski definition) is 0. The summed E-state index contributed by atoms with van der Waals surface area (Å²) < 4.78 is 5.56. The second kappa shape index (κ2) is 5.76. The Bertz CT molecular complexity index is 702. The third-order valence-corrected chi connectivity index (χ3v) is 4.30. The number of amides is 2. The lowest BCUT2D eigenvalue weighted by Gasteiger charge is -2.33. The van der Waals surface area contributed by atoms with Crippen LogP contribution in [0, 0.1) is 0 Å². The van der Waals surface area contributed by atoms with Crippen LogP contribution in [0.4, 0.5) is 10.8 Å². The first-order valence-corrected chi connectivity index (χ1v) is 7.69. The van der Waals surface area contributed by atoms with Crippen molar-refractivity contribution in [3.05, 3.63) is 35.8 Å². The number of hydrogen-bond acceptors (Lipinski definition) is 5. The van der Waals surface area contributed by atoms with Crippen LogP contribution >= 0.6 is 11.3 Å². The first kappa shape index (κ1) is 14.5. The van der Waals surface area contributed by atoms with Gasteiger partial charge < -0.3 is 4.74 Å². The third-order valence-electron chi connectivity index (χ3n) is 3.45. The van der Waals surface area contributed by atoms with E-state index in [0.29, 0.717) is 16.6 Å². The molecule has 3 rings (SSSR count). The summed E-state index contributed by atoms with van der Waals surface area (Å²) in [6, 6.07) is 7.21. The number of benzene rings is 1. The lowest BCUT2D eigenvalue weighted by atomic mass is 10.2. The van der Waals surface area contributed by atoms with Crippen molar-refractivity contribution in [3.8, 4) is 5.75 Å². The summed E-state index contributed by atoms with van der Waals surface area (Å²) in [5.74, 6) is 0.186. The minimum Gasteiger partial charge on any atom is -0.479 e. The molecule has 2 amide bonds. The molecule has 7 heteroatoms. The number of para-hydroxylation sites is 2. The van der Waals surface area contributed by atoms with Crippen LogP contribution in [-0.2, 0) is 9.59 Å². The number of carbonyl (C=O) groups excluding carboxylic acids is 2. The monoisotopic (exact) mass is 317 g/mol. The average Bonchev–Trinajstić information content (AvgIpc) is 3.05. The molecule has 1 aromatic heterocycles. The maximum atomic E-state index is 12.4. The molecule has 0 radical (unpaired) electrons. The summed E-state index contributed by atoms with van der Waals surface area (Å²) in [7, 11) is 1.65. The van der Waals surface area contributed by atoms with Gasteiger partial charge in [-0.2, -0.15) is 0 Å². The molecule has 1 aliphatic heterocycles. The molecule has 0 saturated carbocycles. The zero-order chi connectivity index (χ0) is 15.7. The maximum Gasteiger partial charge on any atom is 0.268 e. The van der Waals surface area contributed by atoms with Gasteiger partial charge in [0.15, 0.2) is 11.2 Å². The molecule has 1 unspecified atom stereocenters. The molecule has 0 saturated heterocycles. The van der Waals surface area contributed by atoms with Gasteiger partial charge in [0, 0.05) is 18.6 Å². The number of fused-ring (bicyclic) bond motifs is 1. The van der Waals surface area contributed by atoms with Gasteiger partial charge in [0.2, 0.25) is 5.91 Å². The zero-order valence-corrected chi connectivity index (χ0v) is 13.0. The molecule has 0 bridgehead atoms. The Hall–Kier alpha value is -2.41. The summed E-state index contributed by atoms with van der Waals surface area (Å²) in [6.07, 6.45) is 1.04. The highest BCUT2D eigenvalue weighted by molar-refractivity contribution is 7.13. The van der Waals surface area contributed by atoms with Gasteiger partial charge in [-0.1, -0.05) is 12.1 Å². The summed E-state index contributed by atoms with van der Waals surface area (Å²) in [6.45, 7) is 1.64. The highest BCUT2D eigenvalue weighted by Gasteiger charge is 2.33. The van der Waals surface area contributed by atoms with Crippen molar-refractivity contribution in [1.82, 2.24) is 4.98 Å². The lowest BCUT2D eigenvalue weighted by molar-refractivity contribution is -0.127. The van der Waals surface area contributed by atoms with E-state index in [1.54, 1.807) is 37.7 Å². The summed E-state index contributed by atoms with van der Waals surface area (Å²) in [5.41, 5.74) is 0.617. The number of rotatable bonds is 3. The number of nitrogens with zero attached hydrogens (tertiary/aromatic N) is 3. The van der Waals surface area contributed by atoms with Gasteiger partial charge in [-0.25, -0.2) is 4.98 Å². The third kappa shape index (κ3) is 2.55. The van der Waals surface area contributed by atoms with E-state index >= 15 is 0 Å². The average molecular weight is 317 g/mol. The van der Waals surface area contributed by atoms with E-state index in [9.17, 15) is 9.59 Å². The highest BCUT2D eigenvalue weighted by Crippen LogP contribution is 2.33. The van der Waals surface area contributed by atoms with Gasteiger partial charge in [-0.15, -0.1) is 11.3 Å². The number of aromatic nitrogens is 1. The summed E-state index contributed by atoms with van der Waals surface area (Å²) >= 11 is 1.37. The molecule has 0 aliphatic carbocycles. The fraction of sp³-hybridized carbons (Fsp3) is 0.267. The normalized spacial score (nSPS) is 16.9. The minimum absolute atomic E-state index is 0.0420. The Morgan fingerprint density at radius 2 is 2.23 bits per heavy atom. The molecule has 2 heterocycles. The quantitative estimate of drug-likeness (QED) is 0.867. The van der Waals surface area contributed by atoms with Crippen LogP contribution in [0.5, 0.6) is 5.75 Å². The molecule has 1 atom stereocenters. The fourth-order valence-electron chi connectivity index (χ4n) is 2.25. The second-order valence-corrected chi connectivity index (χ2v) is 5.79. The van der Waals surface area contributed by atoms with E-state index < -0.39 is 6.10 Å².